The first kappa shape index (κ1) is 17.3. The molecule has 0 spiro atoms. The molecule has 8 nitrogen and oxygen atoms in total. The van der Waals surface area contributed by atoms with Gasteiger partial charge in [-0.05, 0) is 23.3 Å². The zero-order chi connectivity index (χ0) is 17.2. The fourth-order valence-corrected chi connectivity index (χ4v) is 3.83. The van der Waals surface area contributed by atoms with Crippen LogP contribution in [0.3, 0.4) is 0 Å². The van der Waals surface area contributed by atoms with Gasteiger partial charge in [0.1, 0.15) is 0 Å². The molecule has 4 N–H and O–H groups in total. The Morgan fingerprint density at radius 3 is 2.83 bits per heavy atom. The minimum Gasteiger partial charge on any atom is -0.391 e. The van der Waals surface area contributed by atoms with Crippen molar-refractivity contribution in [2.45, 2.75) is 24.2 Å². The predicted octanol–water partition coefficient (Wildman–Crippen LogP) is -1.31. The summed E-state index contributed by atoms with van der Waals surface area (Å²) >= 11 is 0. The number of hydrogen-bond donors (Lipinski definition) is 4. The third-order valence-electron chi connectivity index (χ3n) is 4.29. The van der Waals surface area contributed by atoms with Gasteiger partial charge >= 0.3 is 0 Å². The number of aliphatic hydroxyl groups is 1. The maximum absolute atomic E-state index is 12.3. The fraction of sp³-hybridized carbons (Fsp3) is 0.533. The molecule has 1 aromatic rings. The van der Waals surface area contributed by atoms with Crippen molar-refractivity contribution in [1.29, 1.82) is 0 Å². The summed E-state index contributed by atoms with van der Waals surface area (Å²) in [6, 6.07) is 4.81. The van der Waals surface area contributed by atoms with Gasteiger partial charge in [-0.3, -0.25) is 4.79 Å². The topological polar surface area (TPSA) is 117 Å². The van der Waals surface area contributed by atoms with E-state index >= 15 is 0 Å². The number of nitrogens with one attached hydrogen (secondary N) is 3. The van der Waals surface area contributed by atoms with E-state index in [1.54, 1.807) is 12.1 Å². The van der Waals surface area contributed by atoms with Gasteiger partial charge in [0.2, 0.25) is 15.9 Å². The molecule has 0 aromatic heterocycles. The van der Waals surface area contributed by atoms with Gasteiger partial charge in [-0.15, -0.1) is 0 Å². The number of rotatable bonds is 6. The zero-order valence-electron chi connectivity index (χ0n) is 13.1. The van der Waals surface area contributed by atoms with E-state index in [2.05, 4.69) is 15.4 Å². The summed E-state index contributed by atoms with van der Waals surface area (Å²) in [5, 5.41) is 15.3. The van der Waals surface area contributed by atoms with Crippen LogP contribution in [-0.2, 0) is 32.8 Å². The van der Waals surface area contributed by atoms with Gasteiger partial charge < -0.3 is 20.5 Å². The number of ether oxygens (including phenoxy) is 1. The molecule has 0 aliphatic carbocycles. The number of benzene rings is 1. The summed E-state index contributed by atoms with van der Waals surface area (Å²) in [4.78, 5) is 11.9. The second-order valence-corrected chi connectivity index (χ2v) is 7.80. The highest BCUT2D eigenvalue weighted by Crippen LogP contribution is 2.22. The monoisotopic (exact) mass is 355 g/mol. The molecule has 1 amide bonds. The van der Waals surface area contributed by atoms with Gasteiger partial charge in [-0.1, -0.05) is 6.07 Å². The lowest BCUT2D eigenvalue weighted by Gasteiger charge is -2.14. The molecular weight excluding hydrogens is 334 g/mol. The van der Waals surface area contributed by atoms with Crippen molar-refractivity contribution < 1.29 is 23.1 Å². The van der Waals surface area contributed by atoms with Crippen LogP contribution in [0, 0.1) is 5.92 Å². The third-order valence-corrected chi connectivity index (χ3v) is 5.69. The lowest BCUT2D eigenvalue weighted by molar-refractivity contribution is -0.120. The molecule has 1 saturated heterocycles. The van der Waals surface area contributed by atoms with Gasteiger partial charge in [0.05, 0.1) is 30.8 Å². The van der Waals surface area contributed by atoms with Crippen LogP contribution in [0.4, 0.5) is 0 Å². The standard InChI is InChI=1S/C15H21N3O5S/c19-14-6-16-4-12(14)5-17-15(20)7-18-24(21,22)13-2-1-10-8-23-9-11(10)3-13/h1-3,12,14,16,18-19H,4-9H2,(H,17,20). The van der Waals surface area contributed by atoms with Crippen molar-refractivity contribution in [3.63, 3.8) is 0 Å². The van der Waals surface area contributed by atoms with E-state index in [4.69, 9.17) is 4.74 Å². The van der Waals surface area contributed by atoms with Crippen molar-refractivity contribution in [1.82, 2.24) is 15.4 Å². The average molecular weight is 355 g/mol. The summed E-state index contributed by atoms with van der Waals surface area (Å²) in [5.74, 6) is -0.482. The highest BCUT2D eigenvalue weighted by Gasteiger charge is 2.25. The molecule has 2 atom stereocenters. The molecule has 0 bridgehead atoms. The van der Waals surface area contributed by atoms with E-state index < -0.39 is 22.0 Å². The average Bonchev–Trinajstić information content (AvgIpc) is 3.18. The molecule has 24 heavy (non-hydrogen) atoms. The van der Waals surface area contributed by atoms with E-state index in [1.165, 1.54) is 6.07 Å². The largest absolute Gasteiger partial charge is 0.391 e. The van der Waals surface area contributed by atoms with Gasteiger partial charge in [0.15, 0.2) is 0 Å². The van der Waals surface area contributed by atoms with Crippen LogP contribution in [0.15, 0.2) is 23.1 Å². The number of fused-ring (bicyclic) bond motifs is 1. The van der Waals surface area contributed by atoms with E-state index in [9.17, 15) is 18.3 Å². The van der Waals surface area contributed by atoms with Crippen molar-refractivity contribution >= 4 is 15.9 Å². The molecule has 1 fully saturated rings. The summed E-state index contributed by atoms with van der Waals surface area (Å²) in [6.07, 6.45) is -0.490. The van der Waals surface area contributed by atoms with Crippen molar-refractivity contribution in [2.75, 3.05) is 26.2 Å². The van der Waals surface area contributed by atoms with E-state index in [1.807, 2.05) is 0 Å². The smallest absolute Gasteiger partial charge is 0.241 e. The quantitative estimate of drug-likeness (QED) is 0.504. The minimum atomic E-state index is -3.75. The molecular formula is C15H21N3O5S. The Morgan fingerprint density at radius 1 is 1.29 bits per heavy atom. The minimum absolute atomic E-state index is 0.0535. The summed E-state index contributed by atoms with van der Waals surface area (Å²) in [5.41, 5.74) is 1.83. The Kier molecular flexibility index (Phi) is 5.16. The molecule has 1 aromatic carbocycles. The Hall–Kier alpha value is -1.52. The van der Waals surface area contributed by atoms with Gasteiger partial charge in [0, 0.05) is 25.6 Å². The van der Waals surface area contributed by atoms with Crippen LogP contribution in [0.5, 0.6) is 0 Å². The fourth-order valence-electron chi connectivity index (χ4n) is 2.79. The molecule has 9 heteroatoms. The molecule has 2 aliphatic heterocycles. The van der Waals surface area contributed by atoms with Gasteiger partial charge in [0.25, 0.3) is 0 Å². The summed E-state index contributed by atoms with van der Waals surface area (Å²) in [7, 11) is -3.75. The Labute approximate surface area is 140 Å². The highest BCUT2D eigenvalue weighted by molar-refractivity contribution is 7.89. The lowest BCUT2D eigenvalue weighted by Crippen LogP contribution is -2.40. The Bertz CT molecular complexity index is 722. The first-order valence-corrected chi connectivity index (χ1v) is 9.29. The molecule has 0 radical (unpaired) electrons. The van der Waals surface area contributed by atoms with Gasteiger partial charge in [-0.2, -0.15) is 0 Å². The van der Waals surface area contributed by atoms with Crippen molar-refractivity contribution in [3.8, 4) is 0 Å². The van der Waals surface area contributed by atoms with Crippen molar-refractivity contribution in [3.05, 3.63) is 29.3 Å². The third kappa shape index (κ3) is 3.93. The number of carbonyl (C=O) groups is 1. The molecule has 2 aliphatic rings. The van der Waals surface area contributed by atoms with Crippen LogP contribution in [-0.4, -0.2) is 51.7 Å². The van der Waals surface area contributed by atoms with Crippen LogP contribution in [0.25, 0.3) is 0 Å². The second-order valence-electron chi connectivity index (χ2n) is 6.04. The molecule has 2 unspecified atom stereocenters. The molecule has 3 rings (SSSR count). The number of amides is 1. The Balaban J connectivity index is 1.52. The number of β-amino-alcohol motifs (C(OH)–C–C–N with tert-alkyl or cyclic N) is 1. The zero-order valence-corrected chi connectivity index (χ0v) is 13.9. The second kappa shape index (κ2) is 7.16. The van der Waals surface area contributed by atoms with Crippen LogP contribution in [0.1, 0.15) is 11.1 Å². The maximum atomic E-state index is 12.3. The molecule has 0 saturated carbocycles. The van der Waals surface area contributed by atoms with Crippen molar-refractivity contribution in [2.24, 2.45) is 5.92 Å². The number of hydrogen-bond acceptors (Lipinski definition) is 6. The summed E-state index contributed by atoms with van der Waals surface area (Å²) < 4.78 is 32.1. The first-order chi connectivity index (χ1) is 11.5. The normalized spacial score (nSPS) is 23.2. The van der Waals surface area contributed by atoms with Crippen LogP contribution >= 0.6 is 0 Å². The number of aliphatic hydroxyl groups excluding tert-OH is 1. The molecule has 2 heterocycles. The van der Waals surface area contributed by atoms with E-state index in [-0.39, 0.29) is 17.4 Å². The summed E-state index contributed by atoms with van der Waals surface area (Å²) in [6.45, 7) is 2.00. The lowest BCUT2D eigenvalue weighted by atomic mass is 10.1. The SMILES string of the molecule is O=C(CNS(=O)(=O)c1ccc2c(c1)COC2)NCC1CNCC1O. The van der Waals surface area contributed by atoms with Crippen LogP contribution in [0.2, 0.25) is 0 Å². The van der Waals surface area contributed by atoms with Crippen LogP contribution < -0.4 is 15.4 Å². The first-order valence-electron chi connectivity index (χ1n) is 7.80. The van der Waals surface area contributed by atoms with E-state index in [0.717, 1.165) is 11.1 Å². The maximum Gasteiger partial charge on any atom is 0.241 e. The number of sulfonamides is 1. The van der Waals surface area contributed by atoms with Gasteiger partial charge in [-0.25, -0.2) is 13.1 Å². The predicted molar refractivity (Wildman–Crippen MR) is 85.5 cm³/mol. The molecule has 132 valence electrons. The number of carbonyl (C=O) groups excluding carboxylic acids is 1. The van der Waals surface area contributed by atoms with E-state index in [0.29, 0.717) is 32.8 Å². The Morgan fingerprint density at radius 2 is 2.08 bits per heavy atom. The highest BCUT2D eigenvalue weighted by atomic mass is 32.2.